The van der Waals surface area contributed by atoms with Gasteiger partial charge in [0.1, 0.15) is 0 Å². The van der Waals surface area contributed by atoms with Gasteiger partial charge in [-0.2, -0.15) is 0 Å². The quantitative estimate of drug-likeness (QED) is 0.716. The largest absolute Gasteiger partial charge is 0.355 e. The highest BCUT2D eigenvalue weighted by molar-refractivity contribution is 7.09. The molecule has 3 nitrogen and oxygen atoms in total. The Hall–Kier alpha value is -0.870. The van der Waals surface area contributed by atoms with Crippen molar-refractivity contribution in [2.45, 2.75) is 19.4 Å². The molecule has 0 bridgehead atoms. The minimum Gasteiger partial charge on any atom is -0.355 e. The third-order valence-electron chi connectivity index (χ3n) is 2.43. The number of carbonyl (C=O) groups excluding carboxylic acids is 1. The van der Waals surface area contributed by atoms with E-state index in [4.69, 9.17) is 0 Å². The van der Waals surface area contributed by atoms with Crippen molar-refractivity contribution < 1.29 is 4.79 Å². The van der Waals surface area contributed by atoms with Crippen LogP contribution in [0.3, 0.4) is 0 Å². The van der Waals surface area contributed by atoms with Gasteiger partial charge in [-0.3, -0.25) is 4.79 Å². The molecule has 0 aromatic carbocycles. The number of nitrogens with one attached hydrogen (secondary N) is 2. The average Bonchev–Trinajstić information content (AvgIpc) is 2.97. The van der Waals surface area contributed by atoms with E-state index in [9.17, 15) is 4.79 Å². The summed E-state index contributed by atoms with van der Waals surface area (Å²) in [6.07, 6.45) is 2.16. The van der Waals surface area contributed by atoms with Gasteiger partial charge >= 0.3 is 0 Å². The fourth-order valence-corrected chi connectivity index (χ4v) is 2.06. The van der Waals surface area contributed by atoms with E-state index in [-0.39, 0.29) is 5.91 Å². The Morgan fingerprint density at radius 2 is 2.33 bits per heavy atom. The number of carbonyl (C=O) groups is 1. The highest BCUT2D eigenvalue weighted by Crippen LogP contribution is 2.28. The Bertz CT molecular complexity index is 306. The maximum absolute atomic E-state index is 11.3. The summed E-state index contributed by atoms with van der Waals surface area (Å²) in [6.45, 7) is 2.48. The van der Waals surface area contributed by atoms with Gasteiger partial charge < -0.3 is 10.6 Å². The van der Waals surface area contributed by atoms with Gasteiger partial charge in [0.2, 0.25) is 5.91 Å². The van der Waals surface area contributed by atoms with E-state index < -0.39 is 0 Å². The number of rotatable bonds is 6. The van der Waals surface area contributed by atoms with Crippen LogP contribution in [0.15, 0.2) is 17.5 Å². The van der Waals surface area contributed by atoms with Gasteiger partial charge in [-0.25, -0.2) is 0 Å². The first-order valence-electron chi connectivity index (χ1n) is 5.37. The minimum atomic E-state index is 0.230. The van der Waals surface area contributed by atoms with Crippen LogP contribution in [0, 0.1) is 5.92 Å². The molecule has 1 aliphatic rings. The molecule has 1 aliphatic carbocycles. The van der Waals surface area contributed by atoms with Crippen LogP contribution in [-0.4, -0.2) is 19.0 Å². The lowest BCUT2D eigenvalue weighted by Crippen LogP contribution is -2.32. The number of hydrogen-bond donors (Lipinski definition) is 2. The van der Waals surface area contributed by atoms with E-state index >= 15 is 0 Å². The first-order valence-corrected chi connectivity index (χ1v) is 6.25. The summed E-state index contributed by atoms with van der Waals surface area (Å²) in [6, 6.07) is 4.16. The molecule has 0 aliphatic heterocycles. The molecule has 1 aromatic heterocycles. The highest BCUT2D eigenvalue weighted by Gasteiger charge is 2.28. The fourth-order valence-electron chi connectivity index (χ4n) is 1.39. The van der Waals surface area contributed by atoms with Crippen molar-refractivity contribution in [3.05, 3.63) is 22.4 Å². The third kappa shape index (κ3) is 3.64. The molecule has 15 heavy (non-hydrogen) atoms. The predicted molar refractivity (Wildman–Crippen MR) is 61.8 cm³/mol. The van der Waals surface area contributed by atoms with Gasteiger partial charge in [-0.15, -0.1) is 11.3 Å². The van der Waals surface area contributed by atoms with Crippen LogP contribution in [0.4, 0.5) is 0 Å². The lowest BCUT2D eigenvalue weighted by Gasteiger charge is -2.04. The van der Waals surface area contributed by atoms with Gasteiger partial charge in [0.25, 0.3) is 0 Å². The van der Waals surface area contributed by atoms with Gasteiger partial charge in [-0.05, 0) is 24.3 Å². The molecule has 4 heteroatoms. The maximum atomic E-state index is 11.3. The van der Waals surface area contributed by atoms with E-state index in [2.05, 4.69) is 28.1 Å². The molecule has 1 heterocycles. The van der Waals surface area contributed by atoms with Gasteiger partial charge in [-0.1, -0.05) is 6.07 Å². The summed E-state index contributed by atoms with van der Waals surface area (Å²) in [4.78, 5) is 12.6. The first kappa shape index (κ1) is 10.6. The molecular formula is C11H16N2OS. The van der Waals surface area contributed by atoms with Crippen LogP contribution in [0.25, 0.3) is 0 Å². The standard InChI is InChI=1S/C11H16N2OS/c14-11(9-3-4-9)13-6-5-12-8-10-2-1-7-15-10/h1-2,7,9,12H,3-6,8H2,(H,13,14). The minimum absolute atomic E-state index is 0.230. The van der Waals surface area contributed by atoms with Crippen molar-refractivity contribution in [2.75, 3.05) is 13.1 Å². The van der Waals surface area contributed by atoms with Crippen LogP contribution < -0.4 is 10.6 Å². The predicted octanol–water partition coefficient (Wildman–Crippen LogP) is 1.36. The molecule has 0 unspecified atom stereocenters. The van der Waals surface area contributed by atoms with E-state index in [0.29, 0.717) is 5.92 Å². The fraction of sp³-hybridized carbons (Fsp3) is 0.545. The number of amides is 1. The van der Waals surface area contributed by atoms with Crippen LogP contribution in [0.1, 0.15) is 17.7 Å². The molecule has 0 atom stereocenters. The second kappa shape index (κ2) is 5.28. The molecular weight excluding hydrogens is 208 g/mol. The molecule has 0 radical (unpaired) electrons. The second-order valence-corrected chi connectivity index (χ2v) is 4.85. The number of thiophene rings is 1. The molecule has 1 amide bonds. The van der Waals surface area contributed by atoms with Crippen LogP contribution in [0.5, 0.6) is 0 Å². The highest BCUT2D eigenvalue weighted by atomic mass is 32.1. The summed E-state index contributed by atoms with van der Waals surface area (Å²) < 4.78 is 0. The van der Waals surface area contributed by atoms with Crippen LogP contribution in [-0.2, 0) is 11.3 Å². The average molecular weight is 224 g/mol. The lowest BCUT2D eigenvalue weighted by molar-refractivity contribution is -0.122. The Kier molecular flexibility index (Phi) is 3.75. The third-order valence-corrected chi connectivity index (χ3v) is 3.30. The van der Waals surface area contributed by atoms with Crippen molar-refractivity contribution in [3.8, 4) is 0 Å². The van der Waals surface area contributed by atoms with E-state index in [1.54, 1.807) is 11.3 Å². The first-order chi connectivity index (χ1) is 7.36. The monoisotopic (exact) mass is 224 g/mol. The zero-order chi connectivity index (χ0) is 10.5. The van der Waals surface area contributed by atoms with E-state index in [1.807, 2.05) is 0 Å². The summed E-state index contributed by atoms with van der Waals surface area (Å²) in [5.41, 5.74) is 0. The second-order valence-electron chi connectivity index (χ2n) is 3.82. The molecule has 1 aromatic rings. The summed E-state index contributed by atoms with van der Waals surface area (Å²) in [5, 5.41) is 8.30. The summed E-state index contributed by atoms with van der Waals surface area (Å²) >= 11 is 1.75. The summed E-state index contributed by atoms with van der Waals surface area (Å²) in [7, 11) is 0. The normalized spacial score (nSPS) is 15.2. The Morgan fingerprint density at radius 1 is 1.47 bits per heavy atom. The lowest BCUT2D eigenvalue weighted by atomic mass is 10.4. The van der Waals surface area contributed by atoms with E-state index in [0.717, 1.165) is 32.5 Å². The molecule has 0 saturated heterocycles. The Morgan fingerprint density at radius 3 is 3.00 bits per heavy atom. The van der Waals surface area contributed by atoms with Gasteiger partial charge in [0.15, 0.2) is 0 Å². The van der Waals surface area contributed by atoms with Gasteiger partial charge in [0.05, 0.1) is 0 Å². The smallest absolute Gasteiger partial charge is 0.223 e. The molecule has 82 valence electrons. The van der Waals surface area contributed by atoms with Crippen molar-refractivity contribution >= 4 is 17.2 Å². The SMILES string of the molecule is O=C(NCCNCc1cccs1)C1CC1. The topological polar surface area (TPSA) is 41.1 Å². The Balaban J connectivity index is 1.50. The molecule has 0 spiro atoms. The van der Waals surface area contributed by atoms with Crippen molar-refractivity contribution in [3.63, 3.8) is 0 Å². The zero-order valence-corrected chi connectivity index (χ0v) is 9.48. The van der Waals surface area contributed by atoms with E-state index in [1.165, 1.54) is 4.88 Å². The Labute approximate surface area is 93.9 Å². The maximum Gasteiger partial charge on any atom is 0.223 e. The molecule has 2 N–H and O–H groups in total. The van der Waals surface area contributed by atoms with Crippen LogP contribution in [0.2, 0.25) is 0 Å². The van der Waals surface area contributed by atoms with Crippen LogP contribution >= 0.6 is 11.3 Å². The van der Waals surface area contributed by atoms with Gasteiger partial charge in [0, 0.05) is 30.4 Å². The molecule has 1 saturated carbocycles. The molecule has 2 rings (SSSR count). The van der Waals surface area contributed by atoms with Crippen molar-refractivity contribution in [1.29, 1.82) is 0 Å². The molecule has 1 fully saturated rings. The zero-order valence-electron chi connectivity index (χ0n) is 8.66. The van der Waals surface area contributed by atoms with Crippen molar-refractivity contribution in [1.82, 2.24) is 10.6 Å². The van der Waals surface area contributed by atoms with Crippen molar-refractivity contribution in [2.24, 2.45) is 5.92 Å². The summed E-state index contributed by atoms with van der Waals surface area (Å²) in [5.74, 6) is 0.551. The number of hydrogen-bond acceptors (Lipinski definition) is 3.